The molecule has 90 valence electrons. The maximum absolute atomic E-state index is 11.8. The Balaban J connectivity index is 1.82. The van der Waals surface area contributed by atoms with E-state index >= 15 is 0 Å². The molecule has 1 aliphatic carbocycles. The second kappa shape index (κ2) is 4.41. The maximum Gasteiger partial charge on any atom is 0.239 e. The lowest BCUT2D eigenvalue weighted by Gasteiger charge is -2.35. The topological polar surface area (TPSA) is 66.6 Å². The molecule has 1 heterocycles. The van der Waals surface area contributed by atoms with Gasteiger partial charge in [-0.1, -0.05) is 0 Å². The van der Waals surface area contributed by atoms with Crippen LogP contribution in [0.3, 0.4) is 0 Å². The second-order valence-corrected chi connectivity index (χ2v) is 4.71. The number of rotatable bonds is 2. The summed E-state index contributed by atoms with van der Waals surface area (Å²) < 4.78 is 0. The average Bonchev–Trinajstić information content (AvgIpc) is 3.11. The molecular formula is C11H19N3O2. The average molecular weight is 225 g/mol. The van der Waals surface area contributed by atoms with Crippen LogP contribution < -0.4 is 5.73 Å². The standard InChI is InChI=1S/C11H19N3O2/c1-8(12)10(15)13-4-6-14(7-5-13)11(16)9-2-3-9/h8-9H,2-7,12H2,1H3. The van der Waals surface area contributed by atoms with Crippen molar-refractivity contribution in [2.24, 2.45) is 11.7 Å². The van der Waals surface area contributed by atoms with Crippen molar-refractivity contribution in [3.05, 3.63) is 0 Å². The Bertz CT molecular complexity index is 270. The normalized spacial score (nSPS) is 23.1. The molecule has 2 fully saturated rings. The van der Waals surface area contributed by atoms with Gasteiger partial charge in [-0.3, -0.25) is 9.59 Å². The Morgan fingerprint density at radius 1 is 1.12 bits per heavy atom. The first kappa shape index (κ1) is 11.4. The summed E-state index contributed by atoms with van der Waals surface area (Å²) in [6.07, 6.45) is 2.08. The highest BCUT2D eigenvalue weighted by Crippen LogP contribution is 2.31. The number of amides is 2. The molecule has 0 aromatic heterocycles. The number of carbonyl (C=O) groups excluding carboxylic acids is 2. The summed E-state index contributed by atoms with van der Waals surface area (Å²) >= 11 is 0. The third kappa shape index (κ3) is 2.35. The van der Waals surface area contributed by atoms with E-state index in [-0.39, 0.29) is 17.7 Å². The minimum atomic E-state index is -0.439. The van der Waals surface area contributed by atoms with E-state index in [1.165, 1.54) is 0 Å². The van der Waals surface area contributed by atoms with Crippen LogP contribution in [0, 0.1) is 5.92 Å². The monoisotopic (exact) mass is 225 g/mol. The van der Waals surface area contributed by atoms with Crippen LogP contribution in [0.25, 0.3) is 0 Å². The Kier molecular flexibility index (Phi) is 3.14. The number of hydrogen-bond acceptors (Lipinski definition) is 3. The number of nitrogens with zero attached hydrogens (tertiary/aromatic N) is 2. The van der Waals surface area contributed by atoms with Crippen molar-refractivity contribution < 1.29 is 9.59 Å². The molecule has 5 nitrogen and oxygen atoms in total. The Morgan fingerprint density at radius 3 is 2.06 bits per heavy atom. The minimum absolute atomic E-state index is 0.0153. The van der Waals surface area contributed by atoms with E-state index < -0.39 is 6.04 Å². The van der Waals surface area contributed by atoms with E-state index in [0.717, 1.165) is 12.8 Å². The molecule has 2 N–H and O–H groups in total. The minimum Gasteiger partial charge on any atom is -0.339 e. The van der Waals surface area contributed by atoms with Gasteiger partial charge in [0, 0.05) is 32.1 Å². The van der Waals surface area contributed by atoms with Gasteiger partial charge in [0.05, 0.1) is 6.04 Å². The zero-order valence-electron chi connectivity index (χ0n) is 9.69. The molecule has 2 aliphatic rings. The van der Waals surface area contributed by atoms with Crippen LogP contribution in [0.4, 0.5) is 0 Å². The molecule has 16 heavy (non-hydrogen) atoms. The fraction of sp³-hybridized carbons (Fsp3) is 0.818. The van der Waals surface area contributed by atoms with Gasteiger partial charge in [0.15, 0.2) is 0 Å². The van der Waals surface area contributed by atoms with Crippen molar-refractivity contribution in [2.45, 2.75) is 25.8 Å². The van der Waals surface area contributed by atoms with Crippen molar-refractivity contribution in [2.75, 3.05) is 26.2 Å². The summed E-state index contributed by atoms with van der Waals surface area (Å²) in [7, 11) is 0. The fourth-order valence-corrected chi connectivity index (χ4v) is 2.02. The lowest BCUT2D eigenvalue weighted by molar-refractivity contribution is -0.140. The lowest BCUT2D eigenvalue weighted by atomic mass is 10.2. The SMILES string of the molecule is CC(N)C(=O)N1CCN(C(=O)C2CC2)CC1. The predicted molar refractivity (Wildman–Crippen MR) is 59.5 cm³/mol. The van der Waals surface area contributed by atoms with Gasteiger partial charge in [0.2, 0.25) is 11.8 Å². The van der Waals surface area contributed by atoms with Crippen LogP contribution >= 0.6 is 0 Å². The predicted octanol–water partition coefficient (Wildman–Crippen LogP) is -0.586. The highest BCUT2D eigenvalue weighted by Gasteiger charge is 2.35. The molecule has 0 aromatic rings. The summed E-state index contributed by atoms with van der Waals surface area (Å²) in [5.74, 6) is 0.530. The van der Waals surface area contributed by atoms with Crippen molar-refractivity contribution in [3.63, 3.8) is 0 Å². The van der Waals surface area contributed by atoms with Gasteiger partial charge in [-0.15, -0.1) is 0 Å². The lowest BCUT2D eigenvalue weighted by Crippen LogP contribution is -2.54. The van der Waals surface area contributed by atoms with Gasteiger partial charge < -0.3 is 15.5 Å². The van der Waals surface area contributed by atoms with E-state index in [0.29, 0.717) is 26.2 Å². The molecule has 1 aliphatic heterocycles. The molecule has 0 spiro atoms. The number of hydrogen-bond donors (Lipinski definition) is 1. The second-order valence-electron chi connectivity index (χ2n) is 4.71. The van der Waals surface area contributed by atoms with Crippen molar-refractivity contribution in [1.29, 1.82) is 0 Å². The van der Waals surface area contributed by atoms with Gasteiger partial charge in [0.25, 0.3) is 0 Å². The van der Waals surface area contributed by atoms with Crippen molar-refractivity contribution in [1.82, 2.24) is 9.80 Å². The van der Waals surface area contributed by atoms with Crippen LogP contribution in [-0.4, -0.2) is 53.8 Å². The van der Waals surface area contributed by atoms with Crippen LogP contribution in [0.2, 0.25) is 0 Å². The summed E-state index contributed by atoms with van der Waals surface area (Å²) in [6.45, 7) is 4.27. The molecule has 1 saturated carbocycles. The molecule has 0 aromatic carbocycles. The Hall–Kier alpha value is -1.10. The molecule has 2 rings (SSSR count). The third-order valence-corrected chi connectivity index (χ3v) is 3.22. The molecule has 0 bridgehead atoms. The molecule has 0 radical (unpaired) electrons. The quantitative estimate of drug-likeness (QED) is 0.683. The van der Waals surface area contributed by atoms with Crippen LogP contribution in [0.5, 0.6) is 0 Å². The van der Waals surface area contributed by atoms with Crippen LogP contribution in [0.15, 0.2) is 0 Å². The summed E-state index contributed by atoms with van der Waals surface area (Å²) in [4.78, 5) is 27.0. The molecule has 2 amide bonds. The van der Waals surface area contributed by atoms with Gasteiger partial charge in [0.1, 0.15) is 0 Å². The van der Waals surface area contributed by atoms with Gasteiger partial charge in [-0.25, -0.2) is 0 Å². The first-order valence-corrected chi connectivity index (χ1v) is 5.92. The van der Waals surface area contributed by atoms with Crippen LogP contribution in [-0.2, 0) is 9.59 Å². The largest absolute Gasteiger partial charge is 0.339 e. The van der Waals surface area contributed by atoms with Gasteiger partial charge >= 0.3 is 0 Å². The van der Waals surface area contributed by atoms with E-state index in [1.807, 2.05) is 4.90 Å². The summed E-state index contributed by atoms with van der Waals surface area (Å²) in [5, 5.41) is 0. The maximum atomic E-state index is 11.8. The molecule has 1 saturated heterocycles. The van der Waals surface area contributed by atoms with Gasteiger partial charge in [-0.2, -0.15) is 0 Å². The summed E-state index contributed by atoms with van der Waals surface area (Å²) in [6, 6.07) is -0.439. The van der Waals surface area contributed by atoms with E-state index in [1.54, 1.807) is 11.8 Å². The Morgan fingerprint density at radius 2 is 1.62 bits per heavy atom. The first-order valence-electron chi connectivity index (χ1n) is 5.92. The van der Waals surface area contributed by atoms with E-state index in [9.17, 15) is 9.59 Å². The Labute approximate surface area is 95.6 Å². The highest BCUT2D eigenvalue weighted by atomic mass is 16.2. The molecule has 1 unspecified atom stereocenters. The van der Waals surface area contributed by atoms with Gasteiger partial charge in [-0.05, 0) is 19.8 Å². The zero-order valence-corrected chi connectivity index (χ0v) is 9.69. The number of piperazine rings is 1. The highest BCUT2D eigenvalue weighted by molar-refractivity contribution is 5.83. The smallest absolute Gasteiger partial charge is 0.239 e. The number of nitrogens with two attached hydrogens (primary N) is 1. The van der Waals surface area contributed by atoms with E-state index in [4.69, 9.17) is 5.73 Å². The van der Waals surface area contributed by atoms with Crippen molar-refractivity contribution >= 4 is 11.8 Å². The summed E-state index contributed by atoms with van der Waals surface area (Å²) in [5.41, 5.74) is 5.55. The molecule has 1 atom stereocenters. The fourth-order valence-electron chi connectivity index (χ4n) is 2.02. The number of carbonyl (C=O) groups is 2. The first-order chi connectivity index (χ1) is 7.59. The third-order valence-electron chi connectivity index (χ3n) is 3.22. The van der Waals surface area contributed by atoms with E-state index in [2.05, 4.69) is 0 Å². The van der Waals surface area contributed by atoms with Crippen LogP contribution in [0.1, 0.15) is 19.8 Å². The molecule has 5 heteroatoms. The zero-order chi connectivity index (χ0) is 11.7. The molecular weight excluding hydrogens is 206 g/mol. The van der Waals surface area contributed by atoms with Crippen molar-refractivity contribution in [3.8, 4) is 0 Å².